The molecular formula is C12H34N8O4S3. The van der Waals surface area contributed by atoms with Crippen molar-refractivity contribution in [3.05, 3.63) is 0 Å². The number of nitrogens with one attached hydrogen (secondary N) is 2. The third-order valence-electron chi connectivity index (χ3n) is 2.13. The fourth-order valence-electron chi connectivity index (χ4n) is 1.13. The number of rotatable bonds is 12. The molecule has 0 saturated heterocycles. The summed E-state index contributed by atoms with van der Waals surface area (Å²) < 4.78 is 31.6. The van der Waals surface area contributed by atoms with Gasteiger partial charge in [-0.25, -0.2) is 0 Å². The molecular weight excluding hydrogens is 416 g/mol. The van der Waals surface area contributed by atoms with Crippen molar-refractivity contribution < 1.29 is 17.5 Å². The normalized spacial score (nSPS) is 9.93. The Hall–Kier alpha value is -0.970. The summed E-state index contributed by atoms with van der Waals surface area (Å²) in [6.45, 7) is 5.05. The minimum atomic E-state index is -4.67. The maximum Gasteiger partial charge on any atom is 0.394 e. The van der Waals surface area contributed by atoms with Crippen molar-refractivity contribution in [2.75, 3.05) is 63.3 Å². The Morgan fingerprint density at radius 2 is 1.11 bits per heavy atom. The van der Waals surface area contributed by atoms with Gasteiger partial charge in [-0.1, -0.05) is 0 Å². The average molecular weight is 451 g/mol. The van der Waals surface area contributed by atoms with Crippen LogP contribution in [-0.2, 0) is 10.4 Å². The quantitative estimate of drug-likeness (QED) is 0.0683. The van der Waals surface area contributed by atoms with Gasteiger partial charge in [0.1, 0.15) is 0 Å². The lowest BCUT2D eigenvalue weighted by atomic mass is 10.6. The van der Waals surface area contributed by atoms with Crippen LogP contribution in [0.25, 0.3) is 0 Å². The Bertz CT molecular complexity index is 433. The van der Waals surface area contributed by atoms with Crippen LogP contribution in [0.2, 0.25) is 0 Å². The Morgan fingerprint density at radius 3 is 1.33 bits per heavy atom. The van der Waals surface area contributed by atoms with Crippen LogP contribution < -0.4 is 33.6 Å². The van der Waals surface area contributed by atoms with Gasteiger partial charge >= 0.3 is 10.4 Å². The zero-order valence-electron chi connectivity index (χ0n) is 15.8. The highest BCUT2D eigenvalue weighted by Gasteiger charge is 1.86. The number of guanidine groups is 2. The van der Waals surface area contributed by atoms with E-state index < -0.39 is 10.4 Å². The van der Waals surface area contributed by atoms with Crippen molar-refractivity contribution in [2.45, 2.75) is 0 Å². The summed E-state index contributed by atoms with van der Waals surface area (Å²) in [5.74, 6) is 2.58. The lowest BCUT2D eigenvalue weighted by Crippen LogP contribution is -2.26. The predicted octanol–water partition coefficient (Wildman–Crippen LogP) is -2.23. The predicted molar refractivity (Wildman–Crippen MR) is 118 cm³/mol. The summed E-state index contributed by atoms with van der Waals surface area (Å²) in [6, 6.07) is 0. The molecule has 0 spiro atoms. The fraction of sp³-hybridized carbons (Fsp3) is 0.833. The van der Waals surface area contributed by atoms with Crippen molar-refractivity contribution >= 4 is 45.8 Å². The van der Waals surface area contributed by atoms with Gasteiger partial charge in [-0.2, -0.15) is 31.9 Å². The molecule has 0 fully saturated rings. The lowest BCUT2D eigenvalue weighted by molar-refractivity contribution is 0.381. The minimum Gasteiger partial charge on any atom is -0.370 e. The average Bonchev–Trinajstić information content (AvgIpc) is 2.53. The number of thioether (sulfide) groups is 2. The summed E-state index contributed by atoms with van der Waals surface area (Å²) in [5, 5.41) is 6.41. The largest absolute Gasteiger partial charge is 0.394 e. The van der Waals surface area contributed by atoms with Crippen LogP contribution >= 0.6 is 23.5 Å². The number of hydrogen-bond acceptors (Lipinski definition) is 8. The molecule has 0 bridgehead atoms. The van der Waals surface area contributed by atoms with Crippen molar-refractivity contribution in [1.82, 2.24) is 10.6 Å². The highest BCUT2D eigenvalue weighted by atomic mass is 32.3. The maximum absolute atomic E-state index is 8.74. The molecule has 0 radical (unpaired) electrons. The summed E-state index contributed by atoms with van der Waals surface area (Å²) in [6.07, 6.45) is 4.16. The molecule has 15 heteroatoms. The first kappa shape index (κ1) is 30.7. The summed E-state index contributed by atoms with van der Waals surface area (Å²) in [7, 11) is -4.67. The van der Waals surface area contributed by atoms with E-state index in [0.29, 0.717) is 13.1 Å². The molecule has 0 amide bonds. The molecule has 12 N–H and O–H groups in total. The molecule has 27 heavy (non-hydrogen) atoms. The SMILES string of the molecule is CSCCNCCN=C(N)N.CSCCNCCN=C(N)N.O=S(=O)(O)O. The number of hydrogen-bond donors (Lipinski definition) is 8. The monoisotopic (exact) mass is 450 g/mol. The molecule has 0 atom stereocenters. The Morgan fingerprint density at radius 1 is 0.815 bits per heavy atom. The summed E-state index contributed by atoms with van der Waals surface area (Å²) in [5.41, 5.74) is 20.5. The van der Waals surface area contributed by atoms with Gasteiger partial charge in [-0.05, 0) is 12.5 Å². The Balaban J connectivity index is -0.000000344. The Kier molecular flexibility index (Phi) is 26.3. The first-order valence-electron chi connectivity index (χ1n) is 7.74. The lowest BCUT2D eigenvalue weighted by Gasteiger charge is -1.99. The van der Waals surface area contributed by atoms with Gasteiger partial charge in [0.05, 0.1) is 13.1 Å². The molecule has 164 valence electrons. The maximum atomic E-state index is 8.74. The Labute approximate surface area is 170 Å². The first-order chi connectivity index (χ1) is 12.5. The van der Waals surface area contributed by atoms with Crippen LogP contribution in [0.3, 0.4) is 0 Å². The summed E-state index contributed by atoms with van der Waals surface area (Å²) in [4.78, 5) is 7.65. The smallest absolute Gasteiger partial charge is 0.370 e. The molecule has 0 aliphatic rings. The van der Waals surface area contributed by atoms with E-state index in [9.17, 15) is 0 Å². The molecule has 0 aromatic heterocycles. The van der Waals surface area contributed by atoms with E-state index in [0.717, 1.165) is 37.7 Å². The third kappa shape index (κ3) is 58.8. The molecule has 0 aliphatic carbocycles. The molecule has 0 unspecified atom stereocenters. The molecule has 0 aromatic rings. The van der Waals surface area contributed by atoms with Crippen molar-refractivity contribution in [3.8, 4) is 0 Å². The molecule has 0 aliphatic heterocycles. The van der Waals surface area contributed by atoms with Gasteiger partial charge in [-0.15, -0.1) is 0 Å². The van der Waals surface area contributed by atoms with E-state index in [-0.39, 0.29) is 11.9 Å². The van der Waals surface area contributed by atoms with Gasteiger partial charge in [-0.3, -0.25) is 19.1 Å². The summed E-state index contributed by atoms with van der Waals surface area (Å²) >= 11 is 3.64. The van der Waals surface area contributed by atoms with Gasteiger partial charge in [0.15, 0.2) is 11.9 Å². The molecule has 0 heterocycles. The van der Waals surface area contributed by atoms with Gasteiger partial charge in [0.2, 0.25) is 0 Å². The van der Waals surface area contributed by atoms with Crippen molar-refractivity contribution in [1.29, 1.82) is 0 Å². The second-order valence-electron chi connectivity index (χ2n) is 4.55. The van der Waals surface area contributed by atoms with E-state index >= 15 is 0 Å². The van der Waals surface area contributed by atoms with Crippen LogP contribution in [0.1, 0.15) is 0 Å². The van der Waals surface area contributed by atoms with Crippen LogP contribution in [0.4, 0.5) is 0 Å². The van der Waals surface area contributed by atoms with Crippen LogP contribution in [-0.4, -0.2) is 92.7 Å². The number of nitrogens with two attached hydrogens (primary N) is 4. The highest BCUT2D eigenvalue weighted by molar-refractivity contribution is 7.98. The van der Waals surface area contributed by atoms with Gasteiger partial charge < -0.3 is 33.6 Å². The molecule has 0 aromatic carbocycles. The van der Waals surface area contributed by atoms with Crippen LogP contribution in [0.15, 0.2) is 9.98 Å². The van der Waals surface area contributed by atoms with Crippen LogP contribution in [0.5, 0.6) is 0 Å². The van der Waals surface area contributed by atoms with E-state index in [1.54, 1.807) is 0 Å². The van der Waals surface area contributed by atoms with E-state index in [1.807, 2.05) is 23.5 Å². The van der Waals surface area contributed by atoms with E-state index in [4.69, 9.17) is 40.5 Å². The fourth-order valence-corrected chi connectivity index (χ4v) is 1.82. The molecule has 0 rings (SSSR count). The second-order valence-corrected chi connectivity index (χ2v) is 7.41. The zero-order valence-corrected chi connectivity index (χ0v) is 18.2. The molecule has 0 saturated carbocycles. The standard InChI is InChI=1S/2C6H16N4S.H2O4S/c2*1-11-5-4-9-2-3-10-6(7)8;1-5(2,3)4/h2*9H,2-5H2,1H3,(H4,7,8,10);(H2,1,2,3,4). The highest BCUT2D eigenvalue weighted by Crippen LogP contribution is 1.86. The van der Waals surface area contributed by atoms with E-state index in [1.165, 1.54) is 0 Å². The third-order valence-corrected chi connectivity index (χ3v) is 3.36. The van der Waals surface area contributed by atoms with Crippen molar-refractivity contribution in [3.63, 3.8) is 0 Å². The van der Waals surface area contributed by atoms with Gasteiger partial charge in [0.25, 0.3) is 0 Å². The van der Waals surface area contributed by atoms with Crippen LogP contribution in [0, 0.1) is 0 Å². The van der Waals surface area contributed by atoms with E-state index in [2.05, 4.69) is 33.1 Å². The van der Waals surface area contributed by atoms with Crippen molar-refractivity contribution in [2.24, 2.45) is 32.9 Å². The van der Waals surface area contributed by atoms with Gasteiger partial charge in [0, 0.05) is 37.7 Å². The minimum absolute atomic E-state index is 0.164. The number of aliphatic imine (C=N–C) groups is 2. The first-order valence-corrected chi connectivity index (χ1v) is 11.9. The second kappa shape index (κ2) is 23.1. The zero-order chi connectivity index (χ0) is 21.6. The number of nitrogens with zero attached hydrogens (tertiary/aromatic N) is 2. The topological polar surface area (TPSA) is 227 Å². The molecule has 12 nitrogen and oxygen atoms in total.